The monoisotopic (exact) mass is 404 g/mol. The van der Waals surface area contributed by atoms with Crippen molar-refractivity contribution in [3.63, 3.8) is 0 Å². The minimum Gasteiger partial charge on any atom is -0.393 e. The van der Waals surface area contributed by atoms with Gasteiger partial charge in [-0.15, -0.1) is 0 Å². The van der Waals surface area contributed by atoms with E-state index in [4.69, 9.17) is 0 Å². The molecule has 0 aromatic heterocycles. The Morgan fingerprint density at radius 2 is 1.63 bits per heavy atom. The molecule has 0 spiro atoms. The summed E-state index contributed by atoms with van der Waals surface area (Å²) in [4.78, 5) is 0. The van der Waals surface area contributed by atoms with E-state index in [-0.39, 0.29) is 6.10 Å². The van der Waals surface area contributed by atoms with Crippen molar-refractivity contribution in [2.75, 3.05) is 0 Å². The van der Waals surface area contributed by atoms with Gasteiger partial charge in [-0.3, -0.25) is 0 Å². The molecule has 0 radical (unpaired) electrons. The Kier molecular flexibility index (Phi) is 7.31. The van der Waals surface area contributed by atoms with Crippen LogP contribution in [0.25, 0.3) is 0 Å². The van der Waals surface area contributed by atoms with Crippen molar-refractivity contribution < 1.29 is 5.11 Å². The van der Waals surface area contributed by atoms with Gasteiger partial charge in [0.1, 0.15) is 0 Å². The van der Waals surface area contributed by atoms with Crippen molar-refractivity contribution in [3.8, 4) is 0 Å². The molecule has 2 saturated carbocycles. The second-order valence-electron chi connectivity index (χ2n) is 10.2. The van der Waals surface area contributed by atoms with Gasteiger partial charge >= 0.3 is 0 Å². The maximum Gasteiger partial charge on any atom is 0.0548 e. The number of hydrogen-bond donors (Lipinski definition) is 1. The first-order chi connectivity index (χ1) is 14.6. The Morgan fingerprint density at radius 1 is 0.867 bits per heavy atom. The molecule has 4 rings (SSSR count). The highest BCUT2D eigenvalue weighted by Gasteiger charge is 2.28. The lowest BCUT2D eigenvalue weighted by Crippen LogP contribution is -2.25. The number of aliphatic hydroxyl groups is 1. The molecule has 0 amide bonds. The maximum atomic E-state index is 10.3. The molecule has 2 aliphatic carbocycles. The zero-order valence-electron chi connectivity index (χ0n) is 19.1. The topological polar surface area (TPSA) is 20.2 Å². The van der Waals surface area contributed by atoms with Crippen LogP contribution in [0.1, 0.15) is 98.4 Å². The minimum absolute atomic E-state index is 0.129. The maximum absolute atomic E-state index is 10.3. The standard InChI is InChI=1S/C29H40O/c1-3-22-16-28(20-29(30)18-22)26-15-8-21(2)27(19-26)17-25-13-11-24(12-14-25)7-5-4-6-23-9-10-23/h8,11-15,19,22-23,28-30H,3-7,9-10,16-18,20H2,1-2H3/t22-,28+,29-/m0/s1. The van der Waals surface area contributed by atoms with Crippen molar-refractivity contribution in [1.82, 2.24) is 0 Å². The van der Waals surface area contributed by atoms with Crippen LogP contribution in [0.4, 0.5) is 0 Å². The second-order valence-corrected chi connectivity index (χ2v) is 10.2. The molecule has 0 heterocycles. The van der Waals surface area contributed by atoms with Crippen LogP contribution in [-0.2, 0) is 12.8 Å². The molecule has 30 heavy (non-hydrogen) atoms. The van der Waals surface area contributed by atoms with Crippen molar-refractivity contribution in [2.45, 2.75) is 96.5 Å². The summed E-state index contributed by atoms with van der Waals surface area (Å²) < 4.78 is 0. The number of unbranched alkanes of at least 4 members (excludes halogenated alkanes) is 1. The molecule has 2 aromatic carbocycles. The first-order valence-electron chi connectivity index (χ1n) is 12.5. The quantitative estimate of drug-likeness (QED) is 0.433. The zero-order valence-corrected chi connectivity index (χ0v) is 19.1. The van der Waals surface area contributed by atoms with Gasteiger partial charge in [-0.05, 0) is 91.0 Å². The summed E-state index contributed by atoms with van der Waals surface area (Å²) in [5.74, 6) is 2.24. The van der Waals surface area contributed by atoms with E-state index in [1.165, 1.54) is 79.2 Å². The number of aryl methyl sites for hydroxylation is 2. The second kappa shape index (κ2) is 10.1. The average Bonchev–Trinajstić information content (AvgIpc) is 3.58. The lowest BCUT2D eigenvalue weighted by Gasteiger charge is -2.32. The molecule has 1 heteroatoms. The zero-order chi connectivity index (χ0) is 20.9. The van der Waals surface area contributed by atoms with Gasteiger partial charge in [0.05, 0.1) is 6.10 Å². The Labute approximate surface area is 183 Å². The van der Waals surface area contributed by atoms with Crippen LogP contribution < -0.4 is 0 Å². The van der Waals surface area contributed by atoms with Crippen molar-refractivity contribution in [3.05, 3.63) is 70.3 Å². The van der Waals surface area contributed by atoms with Crippen LogP contribution >= 0.6 is 0 Å². The fourth-order valence-corrected chi connectivity index (χ4v) is 5.36. The molecule has 2 aromatic rings. The van der Waals surface area contributed by atoms with Crippen molar-refractivity contribution in [1.29, 1.82) is 0 Å². The van der Waals surface area contributed by atoms with E-state index in [9.17, 15) is 5.11 Å². The fraction of sp³-hybridized carbons (Fsp3) is 0.586. The summed E-state index contributed by atoms with van der Waals surface area (Å²) in [5.41, 5.74) is 7.15. The number of aliphatic hydroxyl groups excluding tert-OH is 1. The van der Waals surface area contributed by atoms with Gasteiger partial charge in [0.25, 0.3) is 0 Å². The summed E-state index contributed by atoms with van der Waals surface area (Å²) in [5, 5.41) is 10.3. The van der Waals surface area contributed by atoms with Crippen LogP contribution in [-0.4, -0.2) is 11.2 Å². The van der Waals surface area contributed by atoms with Gasteiger partial charge in [0, 0.05) is 0 Å². The van der Waals surface area contributed by atoms with Gasteiger partial charge in [-0.2, -0.15) is 0 Å². The van der Waals surface area contributed by atoms with E-state index < -0.39 is 0 Å². The smallest absolute Gasteiger partial charge is 0.0548 e. The molecule has 3 atom stereocenters. The molecule has 0 aliphatic heterocycles. The molecular weight excluding hydrogens is 364 g/mol. The summed E-state index contributed by atoms with van der Waals surface area (Å²) in [6.07, 6.45) is 13.6. The normalized spacial score (nSPS) is 24.2. The molecule has 2 fully saturated rings. The van der Waals surface area contributed by atoms with Gasteiger partial charge in [0.15, 0.2) is 0 Å². The third-order valence-electron chi connectivity index (χ3n) is 7.64. The van der Waals surface area contributed by atoms with E-state index >= 15 is 0 Å². The minimum atomic E-state index is -0.129. The van der Waals surface area contributed by atoms with E-state index in [1.807, 2.05) is 0 Å². The van der Waals surface area contributed by atoms with Gasteiger partial charge < -0.3 is 5.11 Å². The van der Waals surface area contributed by atoms with E-state index in [0.29, 0.717) is 11.8 Å². The first-order valence-corrected chi connectivity index (χ1v) is 12.5. The Morgan fingerprint density at radius 3 is 2.37 bits per heavy atom. The van der Waals surface area contributed by atoms with Crippen LogP contribution in [0, 0.1) is 18.8 Å². The van der Waals surface area contributed by atoms with Crippen LogP contribution in [0.15, 0.2) is 42.5 Å². The summed E-state index contributed by atoms with van der Waals surface area (Å²) in [7, 11) is 0. The molecular formula is C29H40O. The molecule has 1 N–H and O–H groups in total. The van der Waals surface area contributed by atoms with E-state index in [1.54, 1.807) is 0 Å². The average molecular weight is 405 g/mol. The summed E-state index contributed by atoms with van der Waals surface area (Å²) in [6.45, 7) is 4.50. The van der Waals surface area contributed by atoms with E-state index in [0.717, 1.165) is 25.2 Å². The van der Waals surface area contributed by atoms with Crippen LogP contribution in [0.3, 0.4) is 0 Å². The van der Waals surface area contributed by atoms with Crippen molar-refractivity contribution >= 4 is 0 Å². The van der Waals surface area contributed by atoms with Crippen molar-refractivity contribution in [2.24, 2.45) is 11.8 Å². The largest absolute Gasteiger partial charge is 0.393 e. The highest BCUT2D eigenvalue weighted by atomic mass is 16.3. The lowest BCUT2D eigenvalue weighted by atomic mass is 9.75. The fourth-order valence-electron chi connectivity index (χ4n) is 5.36. The third kappa shape index (κ3) is 5.97. The highest BCUT2D eigenvalue weighted by Crippen LogP contribution is 2.38. The third-order valence-corrected chi connectivity index (χ3v) is 7.64. The number of benzene rings is 2. The molecule has 2 aliphatic rings. The summed E-state index contributed by atoms with van der Waals surface area (Å²) in [6, 6.07) is 16.4. The predicted octanol–water partition coefficient (Wildman–Crippen LogP) is 7.36. The number of hydrogen-bond acceptors (Lipinski definition) is 1. The predicted molar refractivity (Wildman–Crippen MR) is 127 cm³/mol. The molecule has 0 saturated heterocycles. The van der Waals surface area contributed by atoms with Crippen LogP contribution in [0.5, 0.6) is 0 Å². The van der Waals surface area contributed by atoms with Gasteiger partial charge in [-0.1, -0.05) is 81.5 Å². The Hall–Kier alpha value is -1.60. The Balaban J connectivity index is 1.37. The Bertz CT molecular complexity index is 802. The lowest BCUT2D eigenvalue weighted by molar-refractivity contribution is 0.0881. The first kappa shape index (κ1) is 21.6. The molecule has 0 unspecified atom stereocenters. The van der Waals surface area contributed by atoms with Crippen LogP contribution in [0.2, 0.25) is 0 Å². The summed E-state index contributed by atoms with van der Waals surface area (Å²) >= 11 is 0. The molecule has 162 valence electrons. The SMILES string of the molecule is CC[C@@H]1C[C@H](O)C[C@H](c2ccc(C)c(Cc3ccc(CCCCC4CC4)cc3)c2)C1. The highest BCUT2D eigenvalue weighted by molar-refractivity contribution is 5.37. The van der Waals surface area contributed by atoms with Gasteiger partial charge in [-0.25, -0.2) is 0 Å². The van der Waals surface area contributed by atoms with E-state index in [2.05, 4.69) is 56.3 Å². The molecule has 1 nitrogen and oxygen atoms in total. The molecule has 0 bridgehead atoms. The van der Waals surface area contributed by atoms with Gasteiger partial charge in [0.2, 0.25) is 0 Å². The number of rotatable bonds is 9.